The number of fused-ring (bicyclic) bond motifs is 1. The molecule has 3 rings (SSSR count). The van der Waals surface area contributed by atoms with Crippen molar-refractivity contribution >= 4 is 16.9 Å². The molecule has 2 aromatic heterocycles. The van der Waals surface area contributed by atoms with E-state index in [1.165, 1.54) is 17.9 Å². The van der Waals surface area contributed by atoms with E-state index in [9.17, 15) is 9.59 Å². The fourth-order valence-corrected chi connectivity index (χ4v) is 2.18. The molecule has 0 aliphatic carbocycles. The molecule has 0 saturated heterocycles. The number of ether oxygens (including phenoxy) is 1. The lowest BCUT2D eigenvalue weighted by Crippen LogP contribution is -2.28. The second-order valence-electron chi connectivity index (χ2n) is 4.92. The molecule has 1 N–H and O–H groups in total. The van der Waals surface area contributed by atoms with Gasteiger partial charge in [-0.25, -0.2) is 9.47 Å². The van der Waals surface area contributed by atoms with Crippen LogP contribution in [0.1, 0.15) is 22.0 Å². The Morgan fingerprint density at radius 2 is 1.91 bits per heavy atom. The number of carbonyl (C=O) groups excluding carboxylic acids is 1. The van der Waals surface area contributed by atoms with Crippen LogP contribution in [-0.4, -0.2) is 27.9 Å². The summed E-state index contributed by atoms with van der Waals surface area (Å²) >= 11 is 0. The number of nitrogens with one attached hydrogen (secondary N) is 1. The molecule has 0 atom stereocenters. The zero-order valence-electron chi connectivity index (χ0n) is 12.8. The summed E-state index contributed by atoms with van der Waals surface area (Å²) in [6, 6.07) is 6.44. The lowest BCUT2D eigenvalue weighted by Gasteiger charge is -2.08. The molecule has 0 fully saturated rings. The Balaban J connectivity index is 2.03. The molecule has 0 aliphatic heterocycles. The zero-order valence-corrected chi connectivity index (χ0v) is 12.8. The first-order chi connectivity index (χ1) is 11.0. The second kappa shape index (κ2) is 5.56. The highest BCUT2D eigenvalue weighted by atomic mass is 16.5. The smallest absolute Gasteiger partial charge is 0.349 e. The van der Waals surface area contributed by atoms with Crippen molar-refractivity contribution < 1.29 is 13.9 Å². The highest BCUT2D eigenvalue weighted by Crippen LogP contribution is 2.20. The van der Waals surface area contributed by atoms with Gasteiger partial charge < -0.3 is 9.15 Å². The van der Waals surface area contributed by atoms with Crippen LogP contribution >= 0.6 is 0 Å². The van der Waals surface area contributed by atoms with Gasteiger partial charge in [0.15, 0.2) is 0 Å². The molecular weight excluding hydrogens is 300 g/mol. The van der Waals surface area contributed by atoms with Crippen molar-refractivity contribution in [3.63, 3.8) is 0 Å². The molecule has 1 amide bonds. The quantitative estimate of drug-likeness (QED) is 0.733. The van der Waals surface area contributed by atoms with Crippen molar-refractivity contribution in [2.45, 2.75) is 13.8 Å². The normalized spacial score (nSPS) is 10.7. The van der Waals surface area contributed by atoms with Gasteiger partial charge in [0.25, 0.3) is 5.91 Å². The van der Waals surface area contributed by atoms with Gasteiger partial charge in [0, 0.05) is 5.39 Å². The first-order valence-electron chi connectivity index (χ1n) is 6.81. The van der Waals surface area contributed by atoms with Crippen molar-refractivity contribution in [3.8, 4) is 5.75 Å². The fourth-order valence-electron chi connectivity index (χ4n) is 2.18. The Kier molecular flexibility index (Phi) is 3.57. The van der Waals surface area contributed by atoms with Gasteiger partial charge in [-0.2, -0.15) is 0 Å². The third-order valence-corrected chi connectivity index (χ3v) is 3.38. The van der Waals surface area contributed by atoms with Crippen molar-refractivity contribution in [3.05, 3.63) is 51.9 Å². The number of aromatic nitrogens is 3. The van der Waals surface area contributed by atoms with Gasteiger partial charge in [-0.05, 0) is 38.1 Å². The number of aryl methyl sites for hydroxylation is 2. The van der Waals surface area contributed by atoms with Crippen LogP contribution < -0.4 is 15.8 Å². The minimum Gasteiger partial charge on any atom is -0.497 e. The maximum Gasteiger partial charge on any atom is 0.349 e. The average molecular weight is 314 g/mol. The largest absolute Gasteiger partial charge is 0.497 e. The topological polar surface area (TPSA) is 99.2 Å². The van der Waals surface area contributed by atoms with Crippen molar-refractivity contribution in [1.29, 1.82) is 0 Å². The summed E-state index contributed by atoms with van der Waals surface area (Å²) in [7, 11) is 1.53. The van der Waals surface area contributed by atoms with E-state index >= 15 is 0 Å². The summed E-state index contributed by atoms with van der Waals surface area (Å²) in [5, 5.41) is 8.27. The Labute approximate surface area is 130 Å². The van der Waals surface area contributed by atoms with E-state index < -0.39 is 11.5 Å². The van der Waals surface area contributed by atoms with Crippen LogP contribution in [0.4, 0.5) is 0 Å². The number of methoxy groups -OCH3 is 1. The molecule has 23 heavy (non-hydrogen) atoms. The standard InChI is InChI=1S/C15H14N4O4/c1-8-16-17-9(2)19(8)18-14(20)12-7-10-6-11(22-3)4-5-13(10)23-15(12)21/h4-7H,1-3H3,(H,18,20). The highest BCUT2D eigenvalue weighted by Gasteiger charge is 2.16. The number of hydrogen-bond acceptors (Lipinski definition) is 6. The van der Waals surface area contributed by atoms with Crippen LogP contribution in [0, 0.1) is 13.8 Å². The van der Waals surface area contributed by atoms with E-state index in [1.54, 1.807) is 32.0 Å². The van der Waals surface area contributed by atoms with Gasteiger partial charge >= 0.3 is 5.63 Å². The third kappa shape index (κ3) is 2.66. The Bertz CT molecular complexity index is 938. The highest BCUT2D eigenvalue weighted by molar-refractivity contribution is 6.01. The summed E-state index contributed by atoms with van der Waals surface area (Å²) in [6.07, 6.45) is 0. The fraction of sp³-hybridized carbons (Fsp3) is 0.200. The van der Waals surface area contributed by atoms with E-state index in [0.29, 0.717) is 28.4 Å². The second-order valence-corrected chi connectivity index (χ2v) is 4.92. The summed E-state index contributed by atoms with van der Waals surface area (Å²) in [4.78, 5) is 24.4. The number of nitrogens with zero attached hydrogens (tertiary/aromatic N) is 3. The molecule has 8 heteroatoms. The van der Waals surface area contributed by atoms with Gasteiger partial charge in [0.2, 0.25) is 0 Å². The van der Waals surface area contributed by atoms with Gasteiger partial charge in [-0.15, -0.1) is 10.2 Å². The lowest BCUT2D eigenvalue weighted by atomic mass is 10.1. The minimum absolute atomic E-state index is 0.113. The van der Waals surface area contributed by atoms with Crippen LogP contribution in [0.15, 0.2) is 33.5 Å². The molecule has 0 saturated carbocycles. The zero-order chi connectivity index (χ0) is 16.6. The molecule has 0 aliphatic rings. The molecule has 118 valence electrons. The van der Waals surface area contributed by atoms with Crippen LogP contribution in [-0.2, 0) is 0 Å². The van der Waals surface area contributed by atoms with Crippen LogP contribution in [0.3, 0.4) is 0 Å². The third-order valence-electron chi connectivity index (χ3n) is 3.38. The molecule has 1 aromatic carbocycles. The van der Waals surface area contributed by atoms with E-state index in [2.05, 4.69) is 15.6 Å². The van der Waals surface area contributed by atoms with Crippen molar-refractivity contribution in [2.75, 3.05) is 12.5 Å². The van der Waals surface area contributed by atoms with E-state index in [4.69, 9.17) is 9.15 Å². The SMILES string of the molecule is COc1ccc2oc(=O)c(C(=O)Nn3c(C)nnc3C)cc2c1. The van der Waals surface area contributed by atoms with Crippen LogP contribution in [0.25, 0.3) is 11.0 Å². The molecule has 0 unspecified atom stereocenters. The lowest BCUT2D eigenvalue weighted by molar-refractivity contribution is 0.100. The van der Waals surface area contributed by atoms with Gasteiger partial charge in [-0.3, -0.25) is 10.2 Å². The Morgan fingerprint density at radius 3 is 2.57 bits per heavy atom. The Morgan fingerprint density at radius 1 is 1.22 bits per heavy atom. The molecule has 3 aromatic rings. The van der Waals surface area contributed by atoms with Gasteiger partial charge in [0.05, 0.1) is 7.11 Å². The first kappa shape index (κ1) is 14.8. The van der Waals surface area contributed by atoms with E-state index in [1.807, 2.05) is 0 Å². The van der Waals surface area contributed by atoms with Crippen molar-refractivity contribution in [1.82, 2.24) is 14.9 Å². The number of carbonyl (C=O) groups is 1. The summed E-state index contributed by atoms with van der Waals surface area (Å²) in [6.45, 7) is 3.38. The van der Waals surface area contributed by atoms with Crippen LogP contribution in [0.5, 0.6) is 5.75 Å². The molecule has 0 radical (unpaired) electrons. The summed E-state index contributed by atoms with van der Waals surface area (Å²) in [5.41, 5.74) is 2.12. The van der Waals surface area contributed by atoms with Gasteiger partial charge in [0.1, 0.15) is 28.5 Å². The van der Waals surface area contributed by atoms with Gasteiger partial charge in [-0.1, -0.05) is 0 Å². The predicted molar refractivity (Wildman–Crippen MR) is 82.2 cm³/mol. The number of amides is 1. The maximum atomic E-state index is 12.4. The molecule has 0 bridgehead atoms. The first-order valence-corrected chi connectivity index (χ1v) is 6.81. The number of hydrogen-bond donors (Lipinski definition) is 1. The van der Waals surface area contributed by atoms with Crippen LogP contribution in [0.2, 0.25) is 0 Å². The summed E-state index contributed by atoms with van der Waals surface area (Å²) in [5.74, 6) is 1.00. The van der Waals surface area contributed by atoms with Crippen molar-refractivity contribution in [2.24, 2.45) is 0 Å². The predicted octanol–water partition coefficient (Wildman–Crippen LogP) is 1.39. The average Bonchev–Trinajstić information content (AvgIpc) is 2.85. The Hall–Kier alpha value is -3.16. The number of rotatable bonds is 3. The summed E-state index contributed by atoms with van der Waals surface area (Å²) < 4.78 is 11.7. The van der Waals surface area contributed by atoms with E-state index in [0.717, 1.165) is 0 Å². The monoisotopic (exact) mass is 314 g/mol. The molecule has 8 nitrogen and oxygen atoms in total. The minimum atomic E-state index is -0.719. The maximum absolute atomic E-state index is 12.4. The number of benzene rings is 1. The molecule has 2 heterocycles. The molecular formula is C15H14N4O4. The van der Waals surface area contributed by atoms with E-state index in [-0.39, 0.29) is 5.56 Å². The molecule has 0 spiro atoms.